The van der Waals surface area contributed by atoms with Crippen molar-refractivity contribution < 1.29 is 9.53 Å². The average molecular weight is 211 g/mol. The molecule has 0 bridgehead atoms. The molecule has 0 unspecified atom stereocenters. The summed E-state index contributed by atoms with van der Waals surface area (Å²) < 4.78 is 4.82. The summed E-state index contributed by atoms with van der Waals surface area (Å²) in [6.45, 7) is 2.07. The number of rotatable bonds is 2. The monoisotopic (exact) mass is 211 g/mol. The number of esters is 1. The zero-order chi connectivity index (χ0) is 10.4. The fourth-order valence-electron chi connectivity index (χ4n) is 1.34. The standard InChI is InChI=1S/C10H13NO2S/c1-2-13-10(12)9(7-11)8-3-5-14-6-4-8/h2-6H2,1H3. The molecule has 4 heteroatoms. The second-order valence-corrected chi connectivity index (χ2v) is 4.15. The molecule has 0 aromatic rings. The molecule has 76 valence electrons. The van der Waals surface area contributed by atoms with Crippen molar-refractivity contribution in [1.82, 2.24) is 0 Å². The van der Waals surface area contributed by atoms with Gasteiger partial charge >= 0.3 is 5.97 Å². The van der Waals surface area contributed by atoms with Crippen molar-refractivity contribution in [3.63, 3.8) is 0 Å². The molecule has 0 radical (unpaired) electrons. The number of carbonyl (C=O) groups excluding carboxylic acids is 1. The summed E-state index contributed by atoms with van der Waals surface area (Å²) in [5.74, 6) is 1.54. The Morgan fingerprint density at radius 2 is 2.21 bits per heavy atom. The summed E-state index contributed by atoms with van der Waals surface area (Å²) in [4.78, 5) is 11.4. The van der Waals surface area contributed by atoms with Crippen LogP contribution < -0.4 is 0 Å². The van der Waals surface area contributed by atoms with E-state index in [2.05, 4.69) is 0 Å². The molecule has 1 saturated heterocycles. The lowest BCUT2D eigenvalue weighted by Gasteiger charge is -2.14. The van der Waals surface area contributed by atoms with E-state index in [0.29, 0.717) is 6.61 Å². The summed E-state index contributed by atoms with van der Waals surface area (Å²) in [7, 11) is 0. The predicted molar refractivity (Wildman–Crippen MR) is 55.8 cm³/mol. The van der Waals surface area contributed by atoms with Gasteiger partial charge < -0.3 is 4.74 Å². The second-order valence-electron chi connectivity index (χ2n) is 2.92. The molecule has 0 spiro atoms. The van der Waals surface area contributed by atoms with Crippen molar-refractivity contribution in [1.29, 1.82) is 5.26 Å². The molecule has 3 nitrogen and oxygen atoms in total. The van der Waals surface area contributed by atoms with Crippen molar-refractivity contribution in [2.75, 3.05) is 18.1 Å². The lowest BCUT2D eigenvalue weighted by Crippen LogP contribution is -2.11. The molecule has 0 aliphatic carbocycles. The molecular weight excluding hydrogens is 198 g/mol. The lowest BCUT2D eigenvalue weighted by atomic mass is 10.0. The smallest absolute Gasteiger partial charge is 0.348 e. The van der Waals surface area contributed by atoms with Gasteiger partial charge in [-0.2, -0.15) is 17.0 Å². The topological polar surface area (TPSA) is 50.1 Å². The Kier molecular flexibility index (Phi) is 4.54. The van der Waals surface area contributed by atoms with Crippen LogP contribution in [0.3, 0.4) is 0 Å². The maximum atomic E-state index is 11.4. The number of ether oxygens (including phenoxy) is 1. The minimum atomic E-state index is -0.461. The van der Waals surface area contributed by atoms with Gasteiger partial charge in [0.15, 0.2) is 0 Å². The van der Waals surface area contributed by atoms with Gasteiger partial charge in [0.05, 0.1) is 6.61 Å². The normalized spacial score (nSPS) is 15.9. The summed E-state index contributed by atoms with van der Waals surface area (Å²) in [6, 6.07) is 1.95. The maximum absolute atomic E-state index is 11.4. The van der Waals surface area contributed by atoms with Gasteiger partial charge in [-0.15, -0.1) is 0 Å². The molecular formula is C10H13NO2S. The van der Waals surface area contributed by atoms with Gasteiger partial charge in [0.25, 0.3) is 0 Å². The minimum absolute atomic E-state index is 0.229. The van der Waals surface area contributed by atoms with Crippen LogP contribution in [0.25, 0.3) is 0 Å². The van der Waals surface area contributed by atoms with Gasteiger partial charge in [-0.25, -0.2) is 4.79 Å². The Hall–Kier alpha value is -0.950. The fraction of sp³-hybridized carbons (Fsp3) is 0.600. The SMILES string of the molecule is CCOC(=O)C(C#N)=C1CCSCC1. The summed E-state index contributed by atoms with van der Waals surface area (Å²) >= 11 is 1.86. The average Bonchev–Trinajstić information content (AvgIpc) is 2.21. The van der Waals surface area contributed by atoms with E-state index in [-0.39, 0.29) is 5.57 Å². The Balaban J connectivity index is 2.77. The van der Waals surface area contributed by atoms with Gasteiger partial charge in [-0.3, -0.25) is 0 Å². The number of carbonyl (C=O) groups is 1. The third-order valence-electron chi connectivity index (χ3n) is 2.04. The number of hydrogen-bond acceptors (Lipinski definition) is 4. The highest BCUT2D eigenvalue weighted by molar-refractivity contribution is 7.99. The van der Waals surface area contributed by atoms with Crippen LogP contribution >= 0.6 is 11.8 Å². The van der Waals surface area contributed by atoms with Crippen molar-refractivity contribution >= 4 is 17.7 Å². The fourth-order valence-corrected chi connectivity index (χ4v) is 2.33. The van der Waals surface area contributed by atoms with Crippen LogP contribution in [0.5, 0.6) is 0 Å². The number of nitriles is 1. The summed E-state index contributed by atoms with van der Waals surface area (Å²) in [5, 5.41) is 8.86. The Morgan fingerprint density at radius 3 is 2.71 bits per heavy atom. The quantitative estimate of drug-likeness (QED) is 0.397. The first-order valence-corrected chi connectivity index (χ1v) is 5.82. The van der Waals surface area contributed by atoms with Crippen LogP contribution in [0, 0.1) is 11.3 Å². The van der Waals surface area contributed by atoms with Crippen LogP contribution in [0.15, 0.2) is 11.1 Å². The summed E-state index contributed by atoms with van der Waals surface area (Å²) in [6.07, 6.45) is 1.68. The molecule has 0 aromatic carbocycles. The van der Waals surface area contributed by atoms with Gasteiger partial charge in [0, 0.05) is 0 Å². The van der Waals surface area contributed by atoms with Crippen LogP contribution in [-0.2, 0) is 9.53 Å². The zero-order valence-corrected chi connectivity index (χ0v) is 9.02. The lowest BCUT2D eigenvalue weighted by molar-refractivity contribution is -0.138. The molecule has 1 rings (SSSR count). The Morgan fingerprint density at radius 1 is 1.57 bits per heavy atom. The molecule has 0 aromatic heterocycles. The zero-order valence-electron chi connectivity index (χ0n) is 8.21. The molecule has 1 heterocycles. The van der Waals surface area contributed by atoms with Crippen LogP contribution in [-0.4, -0.2) is 24.1 Å². The van der Waals surface area contributed by atoms with E-state index in [1.165, 1.54) is 0 Å². The molecule has 0 saturated carbocycles. The van der Waals surface area contributed by atoms with E-state index in [9.17, 15) is 4.79 Å². The van der Waals surface area contributed by atoms with E-state index in [1.54, 1.807) is 6.92 Å². The van der Waals surface area contributed by atoms with Gasteiger partial charge in [-0.05, 0) is 36.8 Å². The van der Waals surface area contributed by atoms with Crippen molar-refractivity contribution in [3.05, 3.63) is 11.1 Å². The largest absolute Gasteiger partial charge is 0.462 e. The number of thioether (sulfide) groups is 1. The van der Waals surface area contributed by atoms with Gasteiger partial charge in [0.2, 0.25) is 0 Å². The molecule has 0 atom stereocenters. The first-order chi connectivity index (χ1) is 6.79. The van der Waals surface area contributed by atoms with Crippen molar-refractivity contribution in [3.8, 4) is 6.07 Å². The maximum Gasteiger partial charge on any atom is 0.348 e. The third-order valence-corrected chi connectivity index (χ3v) is 3.03. The van der Waals surface area contributed by atoms with Gasteiger partial charge in [0.1, 0.15) is 11.6 Å². The van der Waals surface area contributed by atoms with E-state index in [4.69, 9.17) is 10.00 Å². The highest BCUT2D eigenvalue weighted by Gasteiger charge is 2.18. The van der Waals surface area contributed by atoms with E-state index >= 15 is 0 Å². The van der Waals surface area contributed by atoms with Crippen molar-refractivity contribution in [2.45, 2.75) is 19.8 Å². The van der Waals surface area contributed by atoms with Crippen molar-refractivity contribution in [2.24, 2.45) is 0 Å². The number of nitrogens with zero attached hydrogens (tertiary/aromatic N) is 1. The van der Waals surface area contributed by atoms with Crippen LogP contribution in [0.2, 0.25) is 0 Å². The first-order valence-electron chi connectivity index (χ1n) is 4.66. The number of allylic oxidation sites excluding steroid dienone is 1. The third kappa shape index (κ3) is 2.78. The van der Waals surface area contributed by atoms with Gasteiger partial charge in [-0.1, -0.05) is 0 Å². The van der Waals surface area contributed by atoms with E-state index in [0.717, 1.165) is 29.9 Å². The minimum Gasteiger partial charge on any atom is -0.462 e. The predicted octanol–water partition coefficient (Wildman–Crippen LogP) is 1.90. The highest BCUT2D eigenvalue weighted by Crippen LogP contribution is 2.25. The molecule has 1 fully saturated rings. The molecule has 0 N–H and O–H groups in total. The van der Waals surface area contributed by atoms with E-state index < -0.39 is 5.97 Å². The molecule has 1 aliphatic heterocycles. The molecule has 14 heavy (non-hydrogen) atoms. The van der Waals surface area contributed by atoms with Crippen LogP contribution in [0.4, 0.5) is 0 Å². The highest BCUT2D eigenvalue weighted by atomic mass is 32.2. The molecule has 0 amide bonds. The summed E-state index contributed by atoms with van der Waals surface area (Å²) in [5.41, 5.74) is 1.19. The second kappa shape index (κ2) is 5.71. The van der Waals surface area contributed by atoms with E-state index in [1.807, 2.05) is 17.8 Å². The number of hydrogen-bond donors (Lipinski definition) is 0. The Labute approximate surface area is 88.1 Å². The van der Waals surface area contributed by atoms with Crippen LogP contribution in [0.1, 0.15) is 19.8 Å². The Bertz CT molecular complexity index is 283. The first kappa shape index (κ1) is 11.1. The molecule has 1 aliphatic rings.